The van der Waals surface area contributed by atoms with Gasteiger partial charge in [0.25, 0.3) is 5.89 Å². The Morgan fingerprint density at radius 3 is 2.72 bits per heavy atom. The highest BCUT2D eigenvalue weighted by Gasteiger charge is 2.27. The summed E-state index contributed by atoms with van der Waals surface area (Å²) < 4.78 is 15.5. The Balaban J connectivity index is 2.35. The van der Waals surface area contributed by atoms with Crippen LogP contribution in [0.2, 0.25) is 0 Å². The number of hydrogen-bond donors (Lipinski definition) is 0. The van der Waals surface area contributed by atoms with Crippen molar-refractivity contribution in [2.24, 2.45) is 0 Å². The normalized spacial score (nSPS) is 11.6. The molecule has 0 aromatic carbocycles. The highest BCUT2D eigenvalue weighted by molar-refractivity contribution is 5.55. The Morgan fingerprint density at radius 1 is 1.28 bits per heavy atom. The average Bonchev–Trinajstić information content (AvgIpc) is 2.89. The molecular weight excluding hydrogens is 234 g/mol. The molecule has 0 bridgehead atoms. The lowest BCUT2D eigenvalue weighted by molar-refractivity contribution is -0.00786. The van der Waals surface area contributed by atoms with Gasteiger partial charge in [-0.05, 0) is 19.9 Å². The second kappa shape index (κ2) is 4.73. The molecule has 2 aromatic heterocycles. The van der Waals surface area contributed by atoms with Crippen LogP contribution in [0.25, 0.3) is 11.4 Å². The fourth-order valence-electron chi connectivity index (χ4n) is 1.33. The van der Waals surface area contributed by atoms with Crippen LogP contribution in [-0.2, 0) is 10.3 Å². The molecule has 2 aromatic rings. The van der Waals surface area contributed by atoms with Crippen molar-refractivity contribution in [3.05, 3.63) is 24.2 Å². The molecule has 0 spiro atoms. The SMILES string of the molecule is COc1cc(-c2noc(C(C)(C)OC)n2)ccn1. The van der Waals surface area contributed by atoms with Gasteiger partial charge in [0.15, 0.2) is 0 Å². The van der Waals surface area contributed by atoms with Gasteiger partial charge in [0, 0.05) is 24.9 Å². The summed E-state index contributed by atoms with van der Waals surface area (Å²) >= 11 is 0. The van der Waals surface area contributed by atoms with Gasteiger partial charge in [-0.15, -0.1) is 0 Å². The number of hydrogen-bond acceptors (Lipinski definition) is 6. The van der Waals surface area contributed by atoms with Gasteiger partial charge in [-0.1, -0.05) is 5.16 Å². The van der Waals surface area contributed by atoms with E-state index in [0.29, 0.717) is 17.6 Å². The number of nitrogens with zero attached hydrogens (tertiary/aromatic N) is 3. The monoisotopic (exact) mass is 249 g/mol. The predicted molar refractivity (Wildman–Crippen MR) is 64.1 cm³/mol. The van der Waals surface area contributed by atoms with Gasteiger partial charge < -0.3 is 14.0 Å². The second-order valence-corrected chi connectivity index (χ2v) is 4.22. The maximum Gasteiger partial charge on any atom is 0.258 e. The van der Waals surface area contributed by atoms with Crippen molar-refractivity contribution >= 4 is 0 Å². The molecule has 0 atom stereocenters. The minimum absolute atomic E-state index is 0.427. The van der Waals surface area contributed by atoms with E-state index in [9.17, 15) is 0 Å². The van der Waals surface area contributed by atoms with Crippen molar-refractivity contribution in [3.8, 4) is 17.3 Å². The van der Waals surface area contributed by atoms with E-state index in [1.165, 1.54) is 0 Å². The molecule has 96 valence electrons. The summed E-state index contributed by atoms with van der Waals surface area (Å²) in [5.41, 5.74) is 0.172. The minimum Gasteiger partial charge on any atom is -0.481 e. The zero-order valence-electron chi connectivity index (χ0n) is 10.8. The molecule has 0 aliphatic carbocycles. The molecule has 0 amide bonds. The van der Waals surface area contributed by atoms with Crippen molar-refractivity contribution in [2.75, 3.05) is 14.2 Å². The Labute approximate surface area is 105 Å². The molecule has 0 unspecified atom stereocenters. The number of methoxy groups -OCH3 is 2. The average molecular weight is 249 g/mol. The lowest BCUT2D eigenvalue weighted by Gasteiger charge is -2.16. The Kier molecular flexibility index (Phi) is 3.29. The van der Waals surface area contributed by atoms with Crippen LogP contribution in [0.1, 0.15) is 19.7 Å². The summed E-state index contributed by atoms with van der Waals surface area (Å²) in [7, 11) is 3.15. The maximum absolute atomic E-state index is 5.28. The molecule has 6 heteroatoms. The van der Waals surface area contributed by atoms with E-state index < -0.39 is 5.60 Å². The first kappa shape index (κ1) is 12.5. The van der Waals surface area contributed by atoms with Gasteiger partial charge >= 0.3 is 0 Å². The third-order valence-electron chi connectivity index (χ3n) is 2.65. The molecule has 0 aliphatic rings. The summed E-state index contributed by atoms with van der Waals surface area (Å²) in [6.07, 6.45) is 1.63. The van der Waals surface area contributed by atoms with E-state index in [1.807, 2.05) is 13.8 Å². The van der Waals surface area contributed by atoms with Crippen molar-refractivity contribution in [1.29, 1.82) is 0 Å². The maximum atomic E-state index is 5.28. The molecular formula is C12H15N3O3. The molecule has 0 saturated carbocycles. The molecule has 2 heterocycles. The molecule has 2 rings (SSSR count). The van der Waals surface area contributed by atoms with Crippen LogP contribution >= 0.6 is 0 Å². The van der Waals surface area contributed by atoms with E-state index in [1.54, 1.807) is 32.5 Å². The van der Waals surface area contributed by atoms with Gasteiger partial charge in [-0.25, -0.2) is 4.98 Å². The van der Waals surface area contributed by atoms with Gasteiger partial charge in [-0.2, -0.15) is 4.98 Å². The summed E-state index contributed by atoms with van der Waals surface area (Å²) in [6, 6.07) is 3.53. The second-order valence-electron chi connectivity index (χ2n) is 4.22. The number of aromatic nitrogens is 3. The Morgan fingerprint density at radius 2 is 2.06 bits per heavy atom. The van der Waals surface area contributed by atoms with Crippen LogP contribution in [0.4, 0.5) is 0 Å². The molecule has 0 N–H and O–H groups in total. The van der Waals surface area contributed by atoms with Crippen LogP contribution in [-0.4, -0.2) is 29.3 Å². The molecule has 18 heavy (non-hydrogen) atoms. The van der Waals surface area contributed by atoms with Crippen molar-refractivity contribution in [2.45, 2.75) is 19.4 Å². The van der Waals surface area contributed by atoms with Gasteiger partial charge in [0.1, 0.15) is 5.60 Å². The van der Waals surface area contributed by atoms with Crippen LogP contribution in [0.5, 0.6) is 5.88 Å². The summed E-state index contributed by atoms with van der Waals surface area (Å²) in [6.45, 7) is 3.72. The first-order valence-corrected chi connectivity index (χ1v) is 5.46. The standard InChI is InChI=1S/C12H15N3O3/c1-12(2,17-4)11-14-10(15-18-11)8-5-6-13-9(7-8)16-3/h5-7H,1-4H3. The van der Waals surface area contributed by atoms with E-state index in [4.69, 9.17) is 14.0 Å². The molecule has 0 fully saturated rings. The highest BCUT2D eigenvalue weighted by Crippen LogP contribution is 2.25. The Hall–Kier alpha value is -1.95. The third kappa shape index (κ3) is 2.33. The van der Waals surface area contributed by atoms with Gasteiger partial charge in [0.05, 0.1) is 7.11 Å². The minimum atomic E-state index is -0.609. The molecule has 6 nitrogen and oxygen atoms in total. The first-order valence-electron chi connectivity index (χ1n) is 5.46. The predicted octanol–water partition coefficient (Wildman–Crippen LogP) is 2.02. The molecule has 0 radical (unpaired) electrons. The summed E-state index contributed by atoms with van der Waals surface area (Å²) in [5, 5.41) is 3.93. The lowest BCUT2D eigenvalue weighted by Crippen LogP contribution is -2.19. The van der Waals surface area contributed by atoms with Crippen molar-refractivity contribution in [3.63, 3.8) is 0 Å². The topological polar surface area (TPSA) is 70.3 Å². The van der Waals surface area contributed by atoms with Crippen LogP contribution in [0.15, 0.2) is 22.9 Å². The fourth-order valence-corrected chi connectivity index (χ4v) is 1.33. The van der Waals surface area contributed by atoms with Gasteiger partial charge in [0.2, 0.25) is 11.7 Å². The van der Waals surface area contributed by atoms with E-state index in [-0.39, 0.29) is 0 Å². The van der Waals surface area contributed by atoms with Crippen LogP contribution in [0.3, 0.4) is 0 Å². The number of ether oxygens (including phenoxy) is 2. The number of rotatable bonds is 4. The highest BCUT2D eigenvalue weighted by atomic mass is 16.5. The van der Waals surface area contributed by atoms with Crippen molar-refractivity contribution < 1.29 is 14.0 Å². The zero-order valence-corrected chi connectivity index (χ0v) is 10.8. The first-order chi connectivity index (χ1) is 8.56. The lowest BCUT2D eigenvalue weighted by atomic mass is 10.1. The van der Waals surface area contributed by atoms with Crippen LogP contribution < -0.4 is 4.74 Å². The van der Waals surface area contributed by atoms with E-state index in [0.717, 1.165) is 5.56 Å². The van der Waals surface area contributed by atoms with Crippen LogP contribution in [0, 0.1) is 0 Å². The van der Waals surface area contributed by atoms with Crippen molar-refractivity contribution in [1.82, 2.24) is 15.1 Å². The van der Waals surface area contributed by atoms with E-state index in [2.05, 4.69) is 15.1 Å². The summed E-state index contributed by atoms with van der Waals surface area (Å²) in [5.74, 6) is 1.41. The smallest absolute Gasteiger partial charge is 0.258 e. The largest absolute Gasteiger partial charge is 0.481 e. The molecule has 0 saturated heterocycles. The quantitative estimate of drug-likeness (QED) is 0.825. The van der Waals surface area contributed by atoms with E-state index >= 15 is 0 Å². The molecule has 0 aliphatic heterocycles. The zero-order chi connectivity index (χ0) is 13.2. The van der Waals surface area contributed by atoms with Gasteiger partial charge in [-0.3, -0.25) is 0 Å². The summed E-state index contributed by atoms with van der Waals surface area (Å²) in [4.78, 5) is 8.33. The number of pyridine rings is 1. The fraction of sp³-hybridized carbons (Fsp3) is 0.417. The third-order valence-corrected chi connectivity index (χ3v) is 2.65. The Bertz CT molecular complexity index is 537.